The maximum absolute atomic E-state index is 12.9. The average Bonchev–Trinajstić information content (AvgIpc) is 3.24. The fourth-order valence-corrected chi connectivity index (χ4v) is 3.72. The van der Waals surface area contributed by atoms with E-state index in [2.05, 4.69) is 4.98 Å². The monoisotopic (exact) mass is 366 g/mol. The van der Waals surface area contributed by atoms with E-state index in [9.17, 15) is 14.4 Å². The summed E-state index contributed by atoms with van der Waals surface area (Å²) < 4.78 is 0. The number of aryl methyl sites for hydroxylation is 1. The smallest absolute Gasteiger partial charge is 0.270 e. The summed E-state index contributed by atoms with van der Waals surface area (Å²) in [4.78, 5) is 45.2. The van der Waals surface area contributed by atoms with Gasteiger partial charge in [-0.1, -0.05) is 0 Å². The van der Waals surface area contributed by atoms with Crippen molar-refractivity contribution in [1.29, 1.82) is 0 Å². The van der Waals surface area contributed by atoms with E-state index in [0.717, 1.165) is 11.3 Å². The lowest BCUT2D eigenvalue weighted by Crippen LogP contribution is -2.50. The zero-order chi connectivity index (χ0) is 19.0. The van der Waals surface area contributed by atoms with Crippen molar-refractivity contribution in [2.75, 3.05) is 38.1 Å². The van der Waals surface area contributed by atoms with E-state index in [1.807, 2.05) is 12.1 Å². The Hall–Kier alpha value is -3.09. The van der Waals surface area contributed by atoms with Gasteiger partial charge in [0.2, 0.25) is 5.91 Å². The average molecular weight is 366 g/mol. The van der Waals surface area contributed by atoms with Crippen molar-refractivity contribution in [3.63, 3.8) is 0 Å². The number of aromatic nitrogens is 1. The molecule has 0 atom stereocenters. The third kappa shape index (κ3) is 3.20. The number of hydrogen-bond donors (Lipinski definition) is 1. The Morgan fingerprint density at radius 3 is 2.33 bits per heavy atom. The summed E-state index contributed by atoms with van der Waals surface area (Å²) in [6, 6.07) is 9.09. The third-order valence-electron chi connectivity index (χ3n) is 5.35. The second-order valence-electron chi connectivity index (χ2n) is 6.96. The number of rotatable bonds is 2. The minimum Gasteiger partial charge on any atom is -0.357 e. The highest BCUT2D eigenvalue weighted by atomic mass is 16.2. The lowest BCUT2D eigenvalue weighted by Gasteiger charge is -2.35. The molecule has 3 amide bonds. The van der Waals surface area contributed by atoms with Crippen LogP contribution in [0.3, 0.4) is 0 Å². The third-order valence-corrected chi connectivity index (χ3v) is 5.35. The van der Waals surface area contributed by atoms with Crippen LogP contribution in [0, 0.1) is 0 Å². The second kappa shape index (κ2) is 6.90. The molecule has 7 nitrogen and oxygen atoms in total. The standard InChI is InChI=1S/C20H22N4O3/c1-22-17-6-4-15(13-14(17)5-7-18(22)25)19(26)23-9-11-24(12-10-23)20(27)16-3-2-8-21-16/h2-4,6,8,13,21H,5,7,9-12H2,1H3. The van der Waals surface area contributed by atoms with Crippen LogP contribution in [0.15, 0.2) is 36.5 Å². The molecule has 0 spiro atoms. The Morgan fingerprint density at radius 1 is 0.963 bits per heavy atom. The van der Waals surface area contributed by atoms with Gasteiger partial charge >= 0.3 is 0 Å². The van der Waals surface area contributed by atoms with Gasteiger partial charge in [0, 0.05) is 57.1 Å². The predicted octanol–water partition coefficient (Wildman–Crippen LogP) is 1.52. The Labute approximate surface area is 157 Å². The van der Waals surface area contributed by atoms with E-state index in [1.54, 1.807) is 46.1 Å². The number of carbonyl (C=O) groups is 3. The van der Waals surface area contributed by atoms with E-state index in [0.29, 0.717) is 50.3 Å². The first-order valence-corrected chi connectivity index (χ1v) is 9.16. The van der Waals surface area contributed by atoms with Crippen molar-refractivity contribution >= 4 is 23.4 Å². The molecule has 140 valence electrons. The van der Waals surface area contributed by atoms with E-state index < -0.39 is 0 Å². The highest BCUT2D eigenvalue weighted by Gasteiger charge is 2.27. The predicted molar refractivity (Wildman–Crippen MR) is 101 cm³/mol. The van der Waals surface area contributed by atoms with Crippen molar-refractivity contribution in [3.05, 3.63) is 53.3 Å². The van der Waals surface area contributed by atoms with Crippen LogP contribution >= 0.6 is 0 Å². The summed E-state index contributed by atoms with van der Waals surface area (Å²) in [5, 5.41) is 0. The van der Waals surface area contributed by atoms with Crippen LogP contribution in [0.25, 0.3) is 0 Å². The summed E-state index contributed by atoms with van der Waals surface area (Å²) in [7, 11) is 1.77. The van der Waals surface area contributed by atoms with Crippen molar-refractivity contribution in [3.8, 4) is 0 Å². The summed E-state index contributed by atoms with van der Waals surface area (Å²) in [6.07, 6.45) is 2.87. The second-order valence-corrected chi connectivity index (χ2v) is 6.96. The van der Waals surface area contributed by atoms with Gasteiger partial charge in [-0.3, -0.25) is 14.4 Å². The lowest BCUT2D eigenvalue weighted by atomic mass is 9.98. The molecule has 4 rings (SSSR count). The van der Waals surface area contributed by atoms with Crippen molar-refractivity contribution in [2.24, 2.45) is 0 Å². The van der Waals surface area contributed by atoms with Gasteiger partial charge in [-0.25, -0.2) is 0 Å². The number of amides is 3. The molecule has 0 radical (unpaired) electrons. The SMILES string of the molecule is CN1C(=O)CCc2cc(C(=O)N3CCN(C(=O)c4ccc[nH]4)CC3)ccc21. The van der Waals surface area contributed by atoms with E-state index in [4.69, 9.17) is 0 Å². The highest BCUT2D eigenvalue weighted by Crippen LogP contribution is 2.28. The number of piperazine rings is 1. The van der Waals surface area contributed by atoms with Gasteiger partial charge < -0.3 is 19.7 Å². The van der Waals surface area contributed by atoms with Crippen LogP contribution in [0.4, 0.5) is 5.69 Å². The molecule has 1 fully saturated rings. The maximum Gasteiger partial charge on any atom is 0.270 e. The maximum atomic E-state index is 12.9. The molecule has 1 saturated heterocycles. The molecule has 0 aliphatic carbocycles. The molecule has 1 aromatic heterocycles. The van der Waals surface area contributed by atoms with Crippen LogP contribution in [0.1, 0.15) is 32.8 Å². The van der Waals surface area contributed by atoms with E-state index >= 15 is 0 Å². The molecule has 1 N–H and O–H groups in total. The van der Waals surface area contributed by atoms with Gasteiger partial charge in [0.1, 0.15) is 5.69 Å². The zero-order valence-electron chi connectivity index (χ0n) is 15.3. The largest absolute Gasteiger partial charge is 0.357 e. The first-order valence-electron chi connectivity index (χ1n) is 9.16. The highest BCUT2D eigenvalue weighted by molar-refractivity contribution is 5.99. The summed E-state index contributed by atoms with van der Waals surface area (Å²) in [5.41, 5.74) is 3.12. The quantitative estimate of drug-likeness (QED) is 0.876. The molecule has 0 bridgehead atoms. The lowest BCUT2D eigenvalue weighted by molar-refractivity contribution is -0.118. The number of carbonyl (C=O) groups excluding carboxylic acids is 3. The normalized spacial score (nSPS) is 17.1. The molecule has 3 heterocycles. The summed E-state index contributed by atoms with van der Waals surface area (Å²) in [5.74, 6) is 0.0438. The fraction of sp³-hybridized carbons (Fsp3) is 0.350. The number of fused-ring (bicyclic) bond motifs is 1. The Morgan fingerprint density at radius 2 is 1.67 bits per heavy atom. The number of H-pyrrole nitrogens is 1. The first kappa shape index (κ1) is 17.3. The topological polar surface area (TPSA) is 76.7 Å². The molecule has 0 saturated carbocycles. The van der Waals surface area contributed by atoms with Gasteiger partial charge in [-0.15, -0.1) is 0 Å². The van der Waals surface area contributed by atoms with Gasteiger partial charge in [-0.2, -0.15) is 0 Å². The molecule has 2 aliphatic heterocycles. The van der Waals surface area contributed by atoms with Gasteiger partial charge in [-0.05, 0) is 42.3 Å². The minimum absolute atomic E-state index is 0.0238. The van der Waals surface area contributed by atoms with Gasteiger partial charge in [0.15, 0.2) is 0 Å². The zero-order valence-corrected chi connectivity index (χ0v) is 15.3. The number of nitrogens with zero attached hydrogens (tertiary/aromatic N) is 3. The first-order chi connectivity index (χ1) is 13.0. The van der Waals surface area contributed by atoms with E-state index in [-0.39, 0.29) is 17.7 Å². The molecule has 27 heavy (non-hydrogen) atoms. The van der Waals surface area contributed by atoms with E-state index in [1.165, 1.54) is 0 Å². The van der Waals surface area contributed by atoms with Crippen LogP contribution in [0.2, 0.25) is 0 Å². The number of aromatic amines is 1. The summed E-state index contributed by atoms with van der Waals surface area (Å²) in [6.45, 7) is 2.07. The Bertz CT molecular complexity index is 883. The molecule has 7 heteroatoms. The van der Waals surface area contributed by atoms with Crippen molar-refractivity contribution < 1.29 is 14.4 Å². The van der Waals surface area contributed by atoms with Crippen LogP contribution in [0.5, 0.6) is 0 Å². The fourth-order valence-electron chi connectivity index (χ4n) is 3.72. The number of nitrogens with one attached hydrogen (secondary N) is 1. The van der Waals surface area contributed by atoms with Crippen molar-refractivity contribution in [1.82, 2.24) is 14.8 Å². The summed E-state index contributed by atoms with van der Waals surface area (Å²) >= 11 is 0. The Balaban J connectivity index is 1.43. The van der Waals surface area contributed by atoms with Crippen molar-refractivity contribution in [2.45, 2.75) is 12.8 Å². The molecular formula is C20H22N4O3. The molecule has 1 aromatic carbocycles. The van der Waals surface area contributed by atoms with Gasteiger partial charge in [0.05, 0.1) is 0 Å². The Kier molecular flexibility index (Phi) is 4.43. The molecule has 2 aliphatic rings. The number of anilines is 1. The van der Waals surface area contributed by atoms with Gasteiger partial charge in [0.25, 0.3) is 11.8 Å². The molecular weight excluding hydrogens is 344 g/mol. The minimum atomic E-state index is -0.0337. The van der Waals surface area contributed by atoms with Crippen LogP contribution in [-0.4, -0.2) is 65.7 Å². The molecule has 2 aromatic rings. The van der Waals surface area contributed by atoms with Crippen LogP contribution < -0.4 is 4.90 Å². The number of benzene rings is 1. The molecule has 0 unspecified atom stereocenters. The number of hydrogen-bond acceptors (Lipinski definition) is 3. The van der Waals surface area contributed by atoms with Crippen LogP contribution in [-0.2, 0) is 11.2 Å².